The summed E-state index contributed by atoms with van der Waals surface area (Å²) in [5.41, 5.74) is 8.20. The number of H-pyrrole nitrogens is 3. The number of carbonyl (C=O) groups is 2. The molecule has 42 heavy (non-hydrogen) atoms. The van der Waals surface area contributed by atoms with E-state index < -0.39 is 11.9 Å². The topological polar surface area (TPSA) is 134 Å². The molecular formula is C34H40N4O4. The number of hydrogen-bond acceptors (Lipinski definition) is 3. The van der Waals surface area contributed by atoms with Crippen molar-refractivity contribution in [3.8, 4) is 0 Å². The lowest BCUT2D eigenvalue weighted by atomic mass is 9.92. The number of aromatic amines is 3. The lowest BCUT2D eigenvalue weighted by Gasteiger charge is -2.14. The van der Waals surface area contributed by atoms with Crippen LogP contribution in [0.2, 0.25) is 0 Å². The lowest BCUT2D eigenvalue weighted by Crippen LogP contribution is -2.32. The van der Waals surface area contributed by atoms with E-state index in [1.54, 1.807) is 0 Å². The quantitative estimate of drug-likeness (QED) is 0.266. The molecule has 220 valence electrons. The van der Waals surface area contributed by atoms with Gasteiger partial charge in [0.05, 0.1) is 6.04 Å². The van der Waals surface area contributed by atoms with E-state index in [0.717, 1.165) is 76.7 Å². The summed E-state index contributed by atoms with van der Waals surface area (Å²) in [5, 5.41) is 28.7. The maximum atomic E-state index is 11.6. The van der Waals surface area contributed by atoms with Crippen LogP contribution in [0.15, 0.2) is 11.3 Å². The lowest BCUT2D eigenvalue weighted by molar-refractivity contribution is -0.138. The first-order valence-corrected chi connectivity index (χ1v) is 14.6. The summed E-state index contributed by atoms with van der Waals surface area (Å²) in [6.07, 6.45) is 13.6. The first-order chi connectivity index (χ1) is 20.0. The summed E-state index contributed by atoms with van der Waals surface area (Å²) in [4.78, 5) is 34.0. The SMILES string of the molecule is C/C=c1\c(C)c2[nH]\c1=C/c1[nH]c(/c(=C/C)c1C)=C\C1NC(=C(CCC(=O)O)C1C)/C=c1\[nH]/c(c(C)c1CCC(=O)O)=C\2. The number of aromatic nitrogens is 3. The fourth-order valence-electron chi connectivity index (χ4n) is 6.48. The van der Waals surface area contributed by atoms with Gasteiger partial charge in [-0.15, -0.1) is 0 Å². The van der Waals surface area contributed by atoms with Gasteiger partial charge in [0.15, 0.2) is 0 Å². The molecule has 5 rings (SSSR count). The summed E-state index contributed by atoms with van der Waals surface area (Å²) in [6, 6.07) is -0.0546. The first kappa shape index (κ1) is 29.0. The first-order valence-electron chi connectivity index (χ1n) is 14.6. The molecule has 0 radical (unpaired) electrons. The summed E-state index contributed by atoms with van der Waals surface area (Å²) < 4.78 is 0. The normalized spacial score (nSPS) is 22.0. The molecule has 8 heteroatoms. The molecule has 2 aliphatic heterocycles. The molecule has 3 aromatic heterocycles. The molecule has 6 N–H and O–H groups in total. The van der Waals surface area contributed by atoms with Crippen molar-refractivity contribution in [1.29, 1.82) is 0 Å². The van der Waals surface area contributed by atoms with E-state index >= 15 is 0 Å². The third-order valence-corrected chi connectivity index (χ3v) is 8.93. The third kappa shape index (κ3) is 5.29. The van der Waals surface area contributed by atoms with Crippen LogP contribution in [0.1, 0.15) is 73.7 Å². The molecule has 0 saturated heterocycles. The fourth-order valence-corrected chi connectivity index (χ4v) is 6.48. The van der Waals surface area contributed by atoms with Crippen LogP contribution < -0.4 is 37.2 Å². The van der Waals surface area contributed by atoms with E-state index in [4.69, 9.17) is 0 Å². The Balaban J connectivity index is 1.88. The number of aliphatic carboxylic acids is 2. The van der Waals surface area contributed by atoms with Crippen molar-refractivity contribution >= 4 is 48.4 Å². The number of carboxylic acid groups (broad SMARTS) is 2. The van der Waals surface area contributed by atoms with Crippen molar-refractivity contribution in [3.05, 3.63) is 76.7 Å². The van der Waals surface area contributed by atoms with E-state index in [1.807, 2.05) is 26.8 Å². The van der Waals surface area contributed by atoms with Crippen molar-refractivity contribution < 1.29 is 19.8 Å². The van der Waals surface area contributed by atoms with Crippen LogP contribution in [0.25, 0.3) is 36.5 Å². The average Bonchev–Trinajstić information content (AvgIpc) is 3.59. The minimum atomic E-state index is -0.846. The van der Waals surface area contributed by atoms with Gasteiger partial charge in [0.2, 0.25) is 0 Å². The summed E-state index contributed by atoms with van der Waals surface area (Å²) in [6.45, 7) is 12.5. The molecule has 2 atom stereocenters. The van der Waals surface area contributed by atoms with Gasteiger partial charge in [0, 0.05) is 57.2 Å². The summed E-state index contributed by atoms with van der Waals surface area (Å²) >= 11 is 0. The Morgan fingerprint density at radius 1 is 0.762 bits per heavy atom. The van der Waals surface area contributed by atoms with E-state index in [1.165, 1.54) is 0 Å². The van der Waals surface area contributed by atoms with Crippen LogP contribution >= 0.6 is 0 Å². The molecule has 2 aliphatic rings. The molecule has 0 spiro atoms. The Bertz CT molecular complexity index is 2000. The van der Waals surface area contributed by atoms with Crippen LogP contribution in [0.5, 0.6) is 0 Å². The highest BCUT2D eigenvalue weighted by Gasteiger charge is 2.29. The van der Waals surface area contributed by atoms with Crippen LogP contribution in [-0.4, -0.2) is 43.1 Å². The van der Waals surface area contributed by atoms with E-state index in [2.05, 4.69) is 71.4 Å². The van der Waals surface area contributed by atoms with Crippen molar-refractivity contribution in [2.75, 3.05) is 0 Å². The van der Waals surface area contributed by atoms with E-state index in [9.17, 15) is 19.8 Å². The molecule has 8 nitrogen and oxygen atoms in total. The predicted molar refractivity (Wildman–Crippen MR) is 167 cm³/mol. The van der Waals surface area contributed by atoms with Gasteiger partial charge in [-0.05, 0) is 110 Å². The second kappa shape index (κ2) is 11.4. The number of allylic oxidation sites excluding steroid dienone is 1. The molecule has 3 aromatic rings. The minimum Gasteiger partial charge on any atom is -0.481 e. The van der Waals surface area contributed by atoms with Gasteiger partial charge in [0.25, 0.3) is 0 Å². The van der Waals surface area contributed by atoms with Crippen molar-refractivity contribution in [1.82, 2.24) is 20.3 Å². The largest absolute Gasteiger partial charge is 0.481 e. The molecule has 8 bridgehead atoms. The number of nitrogens with one attached hydrogen (secondary N) is 4. The molecule has 0 amide bonds. The molecule has 0 saturated carbocycles. The molecule has 0 fully saturated rings. The van der Waals surface area contributed by atoms with Crippen molar-refractivity contribution in [2.45, 2.75) is 73.3 Å². The van der Waals surface area contributed by atoms with Crippen molar-refractivity contribution in [3.63, 3.8) is 0 Å². The Morgan fingerprint density at radius 2 is 1.33 bits per heavy atom. The number of carboxylic acids is 2. The predicted octanol–water partition coefficient (Wildman–Crippen LogP) is 1.17. The standard InChI is InChI=1S/C34H40N4O4/c1-7-21-17(3)25-13-26-19(5)23(9-11-33(39)40)31(37-26)16-32-24(10-12-34(41)42)20(6)28(38-32)15-30-22(8-2)18(4)27(36-30)14-29(21)35-25/h7-8,13-16,20,28,35-38H,9-12H2,1-6H3,(H,39,40)(H,41,42)/b21-7+,22-8+,26-13-,29-14-,30-15-,31-16-. The minimum absolute atomic E-state index is 0.0181. The number of fused-ring (bicyclic) bond motifs is 8. The van der Waals surface area contributed by atoms with Crippen LogP contribution in [0.3, 0.4) is 0 Å². The summed E-state index contributed by atoms with van der Waals surface area (Å²) in [7, 11) is 0. The van der Waals surface area contributed by atoms with E-state index in [-0.39, 0.29) is 24.8 Å². The zero-order valence-corrected chi connectivity index (χ0v) is 25.2. The van der Waals surface area contributed by atoms with Gasteiger partial charge in [-0.1, -0.05) is 19.1 Å². The second-order valence-electron chi connectivity index (χ2n) is 11.4. The van der Waals surface area contributed by atoms with Crippen molar-refractivity contribution in [2.24, 2.45) is 5.92 Å². The number of hydrogen-bond donors (Lipinski definition) is 6. The molecule has 2 unspecified atom stereocenters. The Kier molecular flexibility index (Phi) is 7.91. The average molecular weight is 569 g/mol. The van der Waals surface area contributed by atoms with Gasteiger partial charge >= 0.3 is 11.9 Å². The zero-order valence-electron chi connectivity index (χ0n) is 25.2. The molecular weight excluding hydrogens is 528 g/mol. The van der Waals surface area contributed by atoms with Gasteiger partial charge in [-0.3, -0.25) is 9.59 Å². The highest BCUT2D eigenvalue weighted by Crippen LogP contribution is 2.31. The summed E-state index contributed by atoms with van der Waals surface area (Å²) in [5.74, 6) is -1.62. The van der Waals surface area contributed by atoms with Gasteiger partial charge < -0.3 is 30.5 Å². The highest BCUT2D eigenvalue weighted by molar-refractivity contribution is 5.68. The second-order valence-corrected chi connectivity index (χ2v) is 11.4. The van der Waals surface area contributed by atoms with Crippen LogP contribution in [0.4, 0.5) is 0 Å². The Labute approximate surface area is 244 Å². The van der Waals surface area contributed by atoms with Crippen LogP contribution in [0, 0.1) is 26.7 Å². The molecule has 0 aliphatic carbocycles. The zero-order chi connectivity index (χ0) is 30.3. The maximum absolute atomic E-state index is 11.6. The number of rotatable bonds is 6. The molecule has 0 aromatic carbocycles. The monoisotopic (exact) mass is 568 g/mol. The van der Waals surface area contributed by atoms with Gasteiger partial charge in [0.1, 0.15) is 0 Å². The van der Waals surface area contributed by atoms with E-state index in [0.29, 0.717) is 12.8 Å². The van der Waals surface area contributed by atoms with Crippen LogP contribution in [-0.2, 0) is 16.0 Å². The Morgan fingerprint density at radius 3 is 1.95 bits per heavy atom. The Hall–Kier alpha value is -4.46. The maximum Gasteiger partial charge on any atom is 0.303 e. The highest BCUT2D eigenvalue weighted by atomic mass is 16.4. The van der Waals surface area contributed by atoms with Gasteiger partial charge in [-0.2, -0.15) is 0 Å². The van der Waals surface area contributed by atoms with Gasteiger partial charge in [-0.25, -0.2) is 0 Å². The fraction of sp³-hybridized carbons (Fsp3) is 0.353. The smallest absolute Gasteiger partial charge is 0.303 e. The molecule has 5 heterocycles. The third-order valence-electron chi connectivity index (χ3n) is 8.93.